The molecule has 5 rings (SSSR count). The standard InChI is InChI=1S/C21H18N8O/c1-13(27-30)18-5-6-20-24-25-21(29(20)26-18)8-14-3-4-19-15(7-14)9-16(10-22-19)17-11-23-28(2)12-17/h3-7,9-12,30H,8H2,1-2H3/b27-13+. The molecule has 4 heterocycles. The highest BCUT2D eigenvalue weighted by Crippen LogP contribution is 2.23. The molecule has 0 bridgehead atoms. The molecule has 148 valence electrons. The Balaban J connectivity index is 1.52. The summed E-state index contributed by atoms with van der Waals surface area (Å²) in [7, 11) is 1.90. The van der Waals surface area contributed by atoms with Crippen LogP contribution in [0.15, 0.2) is 60.1 Å². The highest BCUT2D eigenvalue weighted by atomic mass is 16.4. The second-order valence-electron chi connectivity index (χ2n) is 7.12. The average molecular weight is 398 g/mol. The number of nitrogens with zero attached hydrogens (tertiary/aromatic N) is 8. The average Bonchev–Trinajstić information content (AvgIpc) is 3.38. The lowest BCUT2D eigenvalue weighted by Gasteiger charge is -2.05. The molecule has 5 aromatic rings. The topological polar surface area (TPSA) is 106 Å². The van der Waals surface area contributed by atoms with Crippen LogP contribution in [0.5, 0.6) is 0 Å². The second kappa shape index (κ2) is 7.03. The van der Waals surface area contributed by atoms with Crippen LogP contribution >= 0.6 is 0 Å². The number of benzene rings is 1. The molecule has 0 spiro atoms. The fourth-order valence-corrected chi connectivity index (χ4v) is 3.39. The van der Waals surface area contributed by atoms with Crippen molar-refractivity contribution >= 4 is 22.3 Å². The van der Waals surface area contributed by atoms with Gasteiger partial charge in [0, 0.05) is 42.4 Å². The van der Waals surface area contributed by atoms with Crippen LogP contribution in [0.1, 0.15) is 24.0 Å². The van der Waals surface area contributed by atoms with Gasteiger partial charge < -0.3 is 5.21 Å². The summed E-state index contributed by atoms with van der Waals surface area (Å²) in [5.41, 5.74) is 5.67. The monoisotopic (exact) mass is 398 g/mol. The molecule has 0 unspecified atom stereocenters. The quantitative estimate of drug-likeness (QED) is 0.283. The van der Waals surface area contributed by atoms with Gasteiger partial charge >= 0.3 is 0 Å². The fourth-order valence-electron chi connectivity index (χ4n) is 3.39. The summed E-state index contributed by atoms with van der Waals surface area (Å²) in [6, 6.07) is 11.8. The first-order valence-corrected chi connectivity index (χ1v) is 9.39. The van der Waals surface area contributed by atoms with Crippen LogP contribution in [0.2, 0.25) is 0 Å². The first-order chi connectivity index (χ1) is 14.6. The molecule has 0 atom stereocenters. The summed E-state index contributed by atoms with van der Waals surface area (Å²) < 4.78 is 3.45. The Labute approximate surface area is 171 Å². The van der Waals surface area contributed by atoms with Gasteiger partial charge in [0.1, 0.15) is 11.4 Å². The number of aromatic nitrogens is 7. The molecule has 0 aliphatic heterocycles. The van der Waals surface area contributed by atoms with Gasteiger partial charge in [-0.3, -0.25) is 9.67 Å². The summed E-state index contributed by atoms with van der Waals surface area (Å²) in [6.07, 6.45) is 6.22. The first kappa shape index (κ1) is 17.9. The minimum absolute atomic E-state index is 0.427. The molecule has 0 saturated carbocycles. The van der Waals surface area contributed by atoms with Crippen molar-refractivity contribution in [3.8, 4) is 11.1 Å². The third-order valence-corrected chi connectivity index (χ3v) is 4.99. The molecule has 1 N–H and O–H groups in total. The third kappa shape index (κ3) is 3.16. The zero-order valence-corrected chi connectivity index (χ0v) is 16.4. The Hall–Kier alpha value is -4.14. The summed E-state index contributed by atoms with van der Waals surface area (Å²) in [5, 5.41) is 30.5. The van der Waals surface area contributed by atoms with E-state index in [4.69, 9.17) is 5.21 Å². The Kier molecular flexibility index (Phi) is 4.20. The first-order valence-electron chi connectivity index (χ1n) is 9.39. The van der Waals surface area contributed by atoms with E-state index in [1.54, 1.807) is 28.3 Å². The summed E-state index contributed by atoms with van der Waals surface area (Å²) >= 11 is 0. The lowest BCUT2D eigenvalue weighted by Crippen LogP contribution is -2.06. The molecular weight excluding hydrogens is 380 g/mol. The Morgan fingerprint density at radius 2 is 1.97 bits per heavy atom. The largest absolute Gasteiger partial charge is 0.411 e. The van der Waals surface area contributed by atoms with Gasteiger partial charge in [-0.05, 0) is 42.8 Å². The van der Waals surface area contributed by atoms with E-state index in [9.17, 15) is 0 Å². The second-order valence-corrected chi connectivity index (χ2v) is 7.12. The van der Waals surface area contributed by atoms with Gasteiger partial charge in [0.2, 0.25) is 0 Å². The number of hydrogen-bond donors (Lipinski definition) is 1. The SMILES string of the molecule is C/C(=N\O)c1ccc2nnc(Cc3ccc4ncc(-c5cnn(C)c5)cc4c3)n2n1. The van der Waals surface area contributed by atoms with E-state index in [0.717, 1.165) is 27.6 Å². The highest BCUT2D eigenvalue weighted by Gasteiger charge is 2.11. The molecule has 9 heteroatoms. The van der Waals surface area contributed by atoms with Crippen LogP contribution in [0, 0.1) is 0 Å². The van der Waals surface area contributed by atoms with Crippen molar-refractivity contribution in [2.75, 3.05) is 0 Å². The molecule has 0 saturated heterocycles. The van der Waals surface area contributed by atoms with E-state index >= 15 is 0 Å². The zero-order chi connectivity index (χ0) is 20.7. The van der Waals surface area contributed by atoms with Gasteiger partial charge in [-0.1, -0.05) is 11.2 Å². The Morgan fingerprint density at radius 1 is 1.07 bits per heavy atom. The molecule has 4 aromatic heterocycles. The van der Waals surface area contributed by atoms with E-state index < -0.39 is 0 Å². The van der Waals surface area contributed by atoms with Crippen LogP contribution < -0.4 is 0 Å². The molecule has 30 heavy (non-hydrogen) atoms. The number of oxime groups is 1. The van der Waals surface area contributed by atoms with E-state index in [2.05, 4.69) is 42.7 Å². The maximum absolute atomic E-state index is 9.02. The van der Waals surface area contributed by atoms with Gasteiger partial charge in [-0.25, -0.2) is 0 Å². The third-order valence-electron chi connectivity index (χ3n) is 4.99. The maximum atomic E-state index is 9.02. The molecule has 0 aliphatic carbocycles. The zero-order valence-electron chi connectivity index (χ0n) is 16.4. The lowest BCUT2D eigenvalue weighted by atomic mass is 10.0. The van der Waals surface area contributed by atoms with E-state index in [0.29, 0.717) is 29.3 Å². The van der Waals surface area contributed by atoms with Crippen molar-refractivity contribution in [3.05, 3.63) is 72.1 Å². The van der Waals surface area contributed by atoms with Crippen molar-refractivity contribution < 1.29 is 5.21 Å². The van der Waals surface area contributed by atoms with Gasteiger partial charge in [0.15, 0.2) is 11.5 Å². The molecule has 0 fully saturated rings. The summed E-state index contributed by atoms with van der Waals surface area (Å²) in [4.78, 5) is 4.58. The summed E-state index contributed by atoms with van der Waals surface area (Å²) in [5.74, 6) is 0.702. The molecule has 1 aromatic carbocycles. The van der Waals surface area contributed by atoms with E-state index in [1.165, 1.54) is 0 Å². The van der Waals surface area contributed by atoms with Gasteiger partial charge in [0.05, 0.1) is 11.7 Å². The molecular formula is C21H18N8O. The van der Waals surface area contributed by atoms with Crippen molar-refractivity contribution in [3.63, 3.8) is 0 Å². The molecule has 9 nitrogen and oxygen atoms in total. The van der Waals surface area contributed by atoms with Gasteiger partial charge in [-0.15, -0.1) is 10.2 Å². The molecule has 0 amide bonds. The van der Waals surface area contributed by atoms with Crippen LogP contribution in [-0.2, 0) is 13.5 Å². The van der Waals surface area contributed by atoms with Crippen LogP contribution in [0.4, 0.5) is 0 Å². The van der Waals surface area contributed by atoms with Crippen molar-refractivity contribution in [2.45, 2.75) is 13.3 Å². The molecule has 0 radical (unpaired) electrons. The normalized spacial score (nSPS) is 12.1. The predicted molar refractivity (Wildman–Crippen MR) is 112 cm³/mol. The number of aryl methyl sites for hydroxylation is 1. The van der Waals surface area contributed by atoms with Crippen LogP contribution in [0.3, 0.4) is 0 Å². The fraction of sp³-hybridized carbons (Fsp3) is 0.143. The van der Waals surface area contributed by atoms with E-state index in [1.807, 2.05) is 37.8 Å². The molecule has 0 aliphatic rings. The summed E-state index contributed by atoms with van der Waals surface area (Å²) in [6.45, 7) is 1.69. The predicted octanol–water partition coefficient (Wildman–Crippen LogP) is 2.86. The van der Waals surface area contributed by atoms with Crippen LogP contribution in [-0.4, -0.2) is 45.5 Å². The Morgan fingerprint density at radius 3 is 2.77 bits per heavy atom. The number of hydrogen-bond acceptors (Lipinski definition) is 7. The van der Waals surface area contributed by atoms with Crippen molar-refractivity contribution in [2.24, 2.45) is 12.2 Å². The van der Waals surface area contributed by atoms with Crippen molar-refractivity contribution in [1.82, 2.24) is 34.6 Å². The minimum Gasteiger partial charge on any atom is -0.411 e. The minimum atomic E-state index is 0.427. The number of pyridine rings is 1. The Bertz CT molecular complexity index is 1420. The maximum Gasteiger partial charge on any atom is 0.177 e. The van der Waals surface area contributed by atoms with Crippen molar-refractivity contribution in [1.29, 1.82) is 0 Å². The number of rotatable bonds is 4. The highest BCUT2D eigenvalue weighted by molar-refractivity contribution is 5.96. The smallest absolute Gasteiger partial charge is 0.177 e. The lowest BCUT2D eigenvalue weighted by molar-refractivity contribution is 0.319. The van der Waals surface area contributed by atoms with Crippen LogP contribution in [0.25, 0.3) is 27.7 Å². The van der Waals surface area contributed by atoms with E-state index in [-0.39, 0.29) is 0 Å². The number of fused-ring (bicyclic) bond motifs is 2. The van der Waals surface area contributed by atoms with Gasteiger partial charge in [0.25, 0.3) is 0 Å². The van der Waals surface area contributed by atoms with Gasteiger partial charge in [-0.2, -0.15) is 14.7 Å².